The summed E-state index contributed by atoms with van der Waals surface area (Å²) in [5, 5.41) is 9.28. The molecule has 0 atom stereocenters. The lowest BCUT2D eigenvalue weighted by molar-refractivity contribution is -0.137. The summed E-state index contributed by atoms with van der Waals surface area (Å²) < 4.78 is 71.8. The van der Waals surface area contributed by atoms with Gasteiger partial charge in [-0.15, -0.1) is 0 Å². The maximum atomic E-state index is 13.4. The summed E-state index contributed by atoms with van der Waals surface area (Å²) in [5.74, 6) is -0.803. The third kappa shape index (κ3) is 6.62. The Bertz CT molecular complexity index is 1370. The molecule has 8 nitrogen and oxygen atoms in total. The summed E-state index contributed by atoms with van der Waals surface area (Å²) in [7, 11) is -3.11. The molecule has 0 saturated heterocycles. The molecule has 0 saturated carbocycles. The van der Waals surface area contributed by atoms with E-state index in [4.69, 9.17) is 4.74 Å². The molecule has 35 heavy (non-hydrogen) atoms. The summed E-state index contributed by atoms with van der Waals surface area (Å²) >= 11 is 0. The first-order chi connectivity index (χ1) is 16.5. The molecule has 0 aliphatic rings. The molecule has 3 aromatic rings. The minimum absolute atomic E-state index is 0.0447. The average Bonchev–Trinajstić information content (AvgIpc) is 2.86. The van der Waals surface area contributed by atoms with Gasteiger partial charge in [-0.05, 0) is 56.3 Å². The Morgan fingerprint density at radius 3 is 2.46 bits per heavy atom. The van der Waals surface area contributed by atoms with Crippen molar-refractivity contribution in [2.24, 2.45) is 0 Å². The number of aromatic nitrogens is 2. The van der Waals surface area contributed by atoms with E-state index in [0.29, 0.717) is 23.7 Å². The number of aryl methyl sites for hydroxylation is 1. The van der Waals surface area contributed by atoms with Crippen molar-refractivity contribution in [3.63, 3.8) is 0 Å². The van der Waals surface area contributed by atoms with E-state index in [0.717, 1.165) is 19.2 Å². The maximum absolute atomic E-state index is 13.4. The van der Waals surface area contributed by atoms with Crippen molar-refractivity contribution in [1.82, 2.24) is 14.7 Å². The molecule has 182 valence electrons. The first-order valence-corrected chi connectivity index (χ1v) is 11.7. The van der Waals surface area contributed by atoms with Gasteiger partial charge in [-0.3, -0.25) is 0 Å². The summed E-state index contributed by atoms with van der Waals surface area (Å²) in [5.41, 5.74) is -0.677. The molecule has 1 N–H and O–H groups in total. The summed E-state index contributed by atoms with van der Waals surface area (Å²) in [6.45, 7) is 0.0447. The van der Waals surface area contributed by atoms with Crippen LogP contribution >= 0.6 is 0 Å². The maximum Gasteiger partial charge on any atom is 0.416 e. The van der Waals surface area contributed by atoms with Crippen LogP contribution in [-0.4, -0.2) is 38.0 Å². The zero-order valence-electron chi connectivity index (χ0n) is 18.3. The highest BCUT2D eigenvalue weighted by Gasteiger charge is 2.33. The molecule has 0 spiro atoms. The topological polar surface area (TPSA) is 122 Å². The lowest BCUT2D eigenvalue weighted by Gasteiger charge is -2.13. The number of nitriles is 1. The van der Waals surface area contributed by atoms with Crippen LogP contribution in [0.25, 0.3) is 11.3 Å². The number of carbonyl (C=O) groups is 1. The molecule has 0 amide bonds. The normalized spacial score (nSPS) is 11.6. The highest BCUT2D eigenvalue weighted by atomic mass is 32.2. The fraction of sp³-hybridized carbons (Fsp3) is 0.217. The molecule has 1 heterocycles. The number of rotatable bonds is 8. The summed E-state index contributed by atoms with van der Waals surface area (Å²) in [6, 6.07) is 13.8. The summed E-state index contributed by atoms with van der Waals surface area (Å²) in [4.78, 5) is 19.4. The number of nitrogens with zero attached hydrogens (tertiary/aromatic N) is 3. The van der Waals surface area contributed by atoms with Crippen LogP contribution in [0.2, 0.25) is 0 Å². The van der Waals surface area contributed by atoms with Gasteiger partial charge in [0, 0.05) is 11.3 Å². The molecule has 0 aliphatic heterocycles. The Hall–Kier alpha value is -3.82. The van der Waals surface area contributed by atoms with Gasteiger partial charge < -0.3 is 4.74 Å². The number of nitrogens with one attached hydrogen (secondary N) is 1. The van der Waals surface area contributed by atoms with Crippen molar-refractivity contribution in [2.75, 3.05) is 13.7 Å². The van der Waals surface area contributed by atoms with Gasteiger partial charge in [0.25, 0.3) is 0 Å². The standard InChI is InChI=1S/C23H19F3N4O4S/c1-28-35(32,33)19-11-16(10-17(12-19)23(24,25)26)20-13-18(29-21(14-27)30-20)8-5-9-34-22(31)15-6-3-2-4-7-15/h2-4,6-7,10-13,28H,5,8-9H2,1H3. The second kappa shape index (κ2) is 10.6. The van der Waals surface area contributed by atoms with Gasteiger partial charge in [-0.1, -0.05) is 18.2 Å². The number of carbonyl (C=O) groups excluding carboxylic acids is 1. The average molecular weight is 504 g/mol. The first-order valence-electron chi connectivity index (χ1n) is 10.2. The van der Waals surface area contributed by atoms with E-state index in [1.54, 1.807) is 36.4 Å². The van der Waals surface area contributed by atoms with Gasteiger partial charge >= 0.3 is 12.1 Å². The molecule has 0 radical (unpaired) electrons. The predicted octanol–water partition coefficient (Wildman–Crippen LogP) is 3.73. The van der Waals surface area contributed by atoms with Crippen LogP contribution in [0.15, 0.2) is 59.5 Å². The molecular weight excluding hydrogens is 485 g/mol. The predicted molar refractivity (Wildman–Crippen MR) is 118 cm³/mol. The number of halogens is 3. The molecule has 12 heteroatoms. The zero-order valence-corrected chi connectivity index (χ0v) is 19.2. The summed E-state index contributed by atoms with van der Waals surface area (Å²) in [6.07, 6.45) is -4.26. The Labute approximate surface area is 199 Å². The number of benzene rings is 2. The Balaban J connectivity index is 1.86. The number of sulfonamides is 1. The highest BCUT2D eigenvalue weighted by Crippen LogP contribution is 2.34. The zero-order chi connectivity index (χ0) is 25.6. The van der Waals surface area contributed by atoms with Crippen LogP contribution in [-0.2, 0) is 27.4 Å². The lowest BCUT2D eigenvalue weighted by Crippen LogP contribution is -2.19. The first kappa shape index (κ1) is 25.8. The number of hydrogen-bond acceptors (Lipinski definition) is 7. The molecule has 0 bridgehead atoms. The molecule has 0 aliphatic carbocycles. The molecular formula is C23H19F3N4O4S. The van der Waals surface area contributed by atoms with Gasteiger partial charge in [0.1, 0.15) is 6.07 Å². The van der Waals surface area contributed by atoms with E-state index < -0.39 is 32.6 Å². The van der Waals surface area contributed by atoms with Crippen LogP contribution in [0.4, 0.5) is 13.2 Å². The van der Waals surface area contributed by atoms with Crippen molar-refractivity contribution in [3.05, 3.63) is 77.2 Å². The monoisotopic (exact) mass is 504 g/mol. The Morgan fingerprint density at radius 2 is 1.83 bits per heavy atom. The SMILES string of the molecule is CNS(=O)(=O)c1cc(-c2cc(CCCOC(=O)c3ccccc3)nc(C#N)n2)cc(C(F)(F)F)c1. The van der Waals surface area contributed by atoms with Gasteiger partial charge in [-0.25, -0.2) is 27.9 Å². The van der Waals surface area contributed by atoms with Crippen molar-refractivity contribution in [3.8, 4) is 17.3 Å². The van der Waals surface area contributed by atoms with E-state index in [9.17, 15) is 31.6 Å². The second-order valence-electron chi connectivity index (χ2n) is 7.24. The van der Waals surface area contributed by atoms with E-state index in [1.807, 2.05) is 4.72 Å². The van der Waals surface area contributed by atoms with Crippen molar-refractivity contribution >= 4 is 16.0 Å². The molecule has 1 aromatic heterocycles. The number of hydrogen-bond donors (Lipinski definition) is 1. The third-order valence-corrected chi connectivity index (χ3v) is 6.20. The number of esters is 1. The molecule has 0 fully saturated rings. The van der Waals surface area contributed by atoms with Crippen LogP contribution in [0.5, 0.6) is 0 Å². The van der Waals surface area contributed by atoms with E-state index in [2.05, 4.69) is 9.97 Å². The number of ether oxygens (including phenoxy) is 1. The lowest BCUT2D eigenvalue weighted by atomic mass is 10.1. The van der Waals surface area contributed by atoms with Crippen molar-refractivity contribution in [2.45, 2.75) is 23.9 Å². The largest absolute Gasteiger partial charge is 0.462 e. The second-order valence-corrected chi connectivity index (χ2v) is 9.12. The number of alkyl halides is 3. The van der Waals surface area contributed by atoms with Gasteiger partial charge in [0.15, 0.2) is 0 Å². The van der Waals surface area contributed by atoms with Crippen molar-refractivity contribution in [1.29, 1.82) is 5.26 Å². The Morgan fingerprint density at radius 1 is 1.11 bits per heavy atom. The fourth-order valence-corrected chi connectivity index (χ4v) is 3.88. The van der Waals surface area contributed by atoms with Gasteiger partial charge in [-0.2, -0.15) is 18.4 Å². The molecule has 0 unspecified atom stereocenters. The minimum Gasteiger partial charge on any atom is -0.462 e. The van der Waals surface area contributed by atoms with E-state index >= 15 is 0 Å². The minimum atomic E-state index is -4.81. The van der Waals surface area contributed by atoms with Gasteiger partial charge in [0.05, 0.1) is 28.3 Å². The van der Waals surface area contributed by atoms with Gasteiger partial charge in [0.2, 0.25) is 15.8 Å². The van der Waals surface area contributed by atoms with Crippen LogP contribution in [0, 0.1) is 11.3 Å². The fourth-order valence-electron chi connectivity index (χ4n) is 3.08. The molecule has 3 rings (SSSR count). The smallest absolute Gasteiger partial charge is 0.416 e. The van der Waals surface area contributed by atoms with E-state index in [-0.39, 0.29) is 30.1 Å². The van der Waals surface area contributed by atoms with Crippen molar-refractivity contribution < 1.29 is 31.1 Å². The van der Waals surface area contributed by atoms with Crippen LogP contribution in [0.1, 0.15) is 33.9 Å². The Kier molecular flexibility index (Phi) is 7.83. The quantitative estimate of drug-likeness (QED) is 0.366. The van der Waals surface area contributed by atoms with Crippen LogP contribution < -0.4 is 4.72 Å². The third-order valence-electron chi connectivity index (χ3n) is 4.81. The molecule has 2 aromatic carbocycles. The van der Waals surface area contributed by atoms with E-state index in [1.165, 1.54) is 6.07 Å². The van der Waals surface area contributed by atoms with Crippen LogP contribution in [0.3, 0.4) is 0 Å². The highest BCUT2D eigenvalue weighted by molar-refractivity contribution is 7.89.